The third-order valence-electron chi connectivity index (χ3n) is 12.2. The first kappa shape index (κ1) is 33.9. The standard InChI is InChI=1S/C55H38N2OS/c1-35-12-5-8-19-48(35)57-49-33-32-46-44-16-7-10-21-52(44)59-55(46)53(49)47-31-30-41(34-50(47)57)56(39-26-22-37(23-27-39)36-13-3-2-4-14-36)40-28-24-38(25-29-40)42-17-11-18-45-43-15-6-9-20-51(43)58-54(42)45/h2-11,13-35H,12H2,1H3. The number of para-hydroxylation sites is 2. The molecule has 1 atom stereocenters. The minimum absolute atomic E-state index is 0.381. The van der Waals surface area contributed by atoms with E-state index in [9.17, 15) is 0 Å². The summed E-state index contributed by atoms with van der Waals surface area (Å²) in [5.41, 5.74) is 13.5. The lowest BCUT2D eigenvalue weighted by Gasteiger charge is -2.27. The van der Waals surface area contributed by atoms with Gasteiger partial charge in [-0.3, -0.25) is 0 Å². The lowest BCUT2D eigenvalue weighted by atomic mass is 9.98. The maximum Gasteiger partial charge on any atom is 0.143 e. The minimum atomic E-state index is 0.381. The summed E-state index contributed by atoms with van der Waals surface area (Å²) in [7, 11) is 0. The van der Waals surface area contributed by atoms with Gasteiger partial charge in [-0.05, 0) is 83.8 Å². The summed E-state index contributed by atoms with van der Waals surface area (Å²) in [6.45, 7) is 2.35. The van der Waals surface area contributed by atoms with E-state index in [0.29, 0.717) is 5.92 Å². The molecule has 0 saturated carbocycles. The third kappa shape index (κ3) is 5.41. The van der Waals surface area contributed by atoms with Gasteiger partial charge in [0.1, 0.15) is 11.2 Å². The fourth-order valence-corrected chi connectivity index (χ4v) is 10.6. The Labute approximate surface area is 346 Å². The fourth-order valence-electron chi connectivity index (χ4n) is 9.36. The van der Waals surface area contributed by atoms with Crippen LogP contribution in [0.1, 0.15) is 13.3 Å². The second kappa shape index (κ2) is 13.5. The van der Waals surface area contributed by atoms with Crippen molar-refractivity contribution in [2.45, 2.75) is 13.3 Å². The van der Waals surface area contributed by atoms with Crippen molar-refractivity contribution in [1.29, 1.82) is 0 Å². The Hall–Kier alpha value is -7.14. The van der Waals surface area contributed by atoms with Gasteiger partial charge in [0.2, 0.25) is 0 Å². The van der Waals surface area contributed by atoms with Gasteiger partial charge in [0, 0.05) is 76.0 Å². The highest BCUT2D eigenvalue weighted by atomic mass is 32.1. The van der Waals surface area contributed by atoms with E-state index in [1.54, 1.807) is 0 Å². The smallest absolute Gasteiger partial charge is 0.143 e. The van der Waals surface area contributed by atoms with Crippen molar-refractivity contribution in [3.8, 4) is 22.3 Å². The van der Waals surface area contributed by atoms with E-state index in [1.807, 2.05) is 23.5 Å². The number of hydrogen-bond acceptors (Lipinski definition) is 3. The fraction of sp³-hybridized carbons (Fsp3) is 0.0545. The SMILES string of the molecule is CC1CC=CC=C1n1c2cc(N(c3ccc(-c4ccccc4)cc3)c3ccc(-c4cccc5c4oc4ccccc45)cc3)ccc2c2c3sc4ccccc4c3ccc21. The van der Waals surface area contributed by atoms with Gasteiger partial charge in [0.05, 0.1) is 11.0 Å². The van der Waals surface area contributed by atoms with Crippen molar-refractivity contribution in [2.24, 2.45) is 5.92 Å². The first-order chi connectivity index (χ1) is 29.2. The van der Waals surface area contributed by atoms with Crippen molar-refractivity contribution in [3.05, 3.63) is 194 Å². The van der Waals surface area contributed by atoms with Crippen LogP contribution >= 0.6 is 11.3 Å². The summed E-state index contributed by atoms with van der Waals surface area (Å²) >= 11 is 1.91. The number of anilines is 3. The van der Waals surface area contributed by atoms with Crippen molar-refractivity contribution in [1.82, 2.24) is 4.57 Å². The zero-order valence-electron chi connectivity index (χ0n) is 32.5. The predicted octanol–water partition coefficient (Wildman–Crippen LogP) is 16.3. The normalized spacial score (nSPS) is 14.3. The molecule has 59 heavy (non-hydrogen) atoms. The van der Waals surface area contributed by atoms with Crippen molar-refractivity contribution in [3.63, 3.8) is 0 Å². The molecule has 0 N–H and O–H groups in total. The van der Waals surface area contributed by atoms with Crippen LogP contribution in [0.2, 0.25) is 0 Å². The van der Waals surface area contributed by atoms with Gasteiger partial charge in [-0.15, -0.1) is 11.3 Å². The van der Waals surface area contributed by atoms with Crippen LogP contribution < -0.4 is 4.90 Å². The van der Waals surface area contributed by atoms with E-state index in [2.05, 4.69) is 198 Å². The Morgan fingerprint density at radius 3 is 2.05 bits per heavy atom. The average Bonchev–Trinajstić information content (AvgIpc) is 3.97. The molecule has 0 spiro atoms. The number of nitrogens with zero attached hydrogens (tertiary/aromatic N) is 2. The number of aromatic nitrogens is 1. The van der Waals surface area contributed by atoms with E-state index in [-0.39, 0.29) is 0 Å². The lowest BCUT2D eigenvalue weighted by molar-refractivity contribution is 0.670. The maximum atomic E-state index is 6.46. The molecule has 0 saturated heterocycles. The van der Waals surface area contributed by atoms with Crippen LogP contribution in [0.25, 0.3) is 91.9 Å². The van der Waals surface area contributed by atoms with Crippen molar-refractivity contribution in [2.75, 3.05) is 4.90 Å². The number of allylic oxidation sites excluding steroid dienone is 4. The Kier molecular flexibility index (Phi) is 7.75. The second-order valence-corrected chi connectivity index (χ2v) is 16.8. The van der Waals surface area contributed by atoms with Crippen molar-refractivity contribution < 1.29 is 4.42 Å². The van der Waals surface area contributed by atoms with E-state index < -0.39 is 0 Å². The third-order valence-corrected chi connectivity index (χ3v) is 13.4. The number of thiophene rings is 1. The van der Waals surface area contributed by atoms with E-state index in [4.69, 9.17) is 4.42 Å². The summed E-state index contributed by atoms with van der Waals surface area (Å²) in [5.74, 6) is 0.381. The van der Waals surface area contributed by atoms with E-state index in [1.165, 1.54) is 58.8 Å². The maximum absolute atomic E-state index is 6.46. The molecular weight excluding hydrogens is 737 g/mol. The number of furan rings is 1. The van der Waals surface area contributed by atoms with Crippen LogP contribution in [0.4, 0.5) is 17.1 Å². The molecule has 1 aliphatic carbocycles. The van der Waals surface area contributed by atoms with Gasteiger partial charge in [0.25, 0.3) is 0 Å². The van der Waals surface area contributed by atoms with E-state index in [0.717, 1.165) is 56.5 Å². The highest BCUT2D eigenvalue weighted by Gasteiger charge is 2.23. The Morgan fingerprint density at radius 1 is 0.559 bits per heavy atom. The topological polar surface area (TPSA) is 21.3 Å². The molecule has 0 fully saturated rings. The molecular formula is C55H38N2OS. The predicted molar refractivity (Wildman–Crippen MR) is 252 cm³/mol. The molecule has 4 heteroatoms. The highest BCUT2D eigenvalue weighted by molar-refractivity contribution is 7.26. The largest absolute Gasteiger partial charge is 0.455 e. The molecule has 11 aromatic rings. The molecule has 3 heterocycles. The molecule has 12 rings (SSSR count). The summed E-state index contributed by atoms with van der Waals surface area (Å²) in [6.07, 6.45) is 7.85. The van der Waals surface area contributed by atoms with Crippen LogP contribution in [0.3, 0.4) is 0 Å². The van der Waals surface area contributed by atoms with Gasteiger partial charge in [-0.25, -0.2) is 0 Å². The molecule has 3 nitrogen and oxygen atoms in total. The Bertz CT molecular complexity index is 3470. The highest BCUT2D eigenvalue weighted by Crippen LogP contribution is 2.47. The summed E-state index contributed by atoms with van der Waals surface area (Å²) < 4.78 is 11.7. The minimum Gasteiger partial charge on any atom is -0.455 e. The van der Waals surface area contributed by atoms with Gasteiger partial charge < -0.3 is 13.9 Å². The van der Waals surface area contributed by atoms with Crippen LogP contribution in [0.15, 0.2) is 199 Å². The first-order valence-corrected chi connectivity index (χ1v) is 21.2. The van der Waals surface area contributed by atoms with Crippen LogP contribution in [-0.2, 0) is 0 Å². The van der Waals surface area contributed by atoms with Gasteiger partial charge in [0.15, 0.2) is 0 Å². The van der Waals surface area contributed by atoms with Crippen molar-refractivity contribution >= 4 is 98.0 Å². The molecule has 1 aliphatic rings. The molecule has 8 aromatic carbocycles. The summed E-state index contributed by atoms with van der Waals surface area (Å²) in [4.78, 5) is 2.40. The molecule has 0 bridgehead atoms. The molecule has 3 aromatic heterocycles. The van der Waals surface area contributed by atoms with Crippen LogP contribution in [0.5, 0.6) is 0 Å². The van der Waals surface area contributed by atoms with Gasteiger partial charge >= 0.3 is 0 Å². The molecule has 1 unspecified atom stereocenters. The Morgan fingerprint density at radius 2 is 1.24 bits per heavy atom. The summed E-state index contributed by atoms with van der Waals surface area (Å²) in [6, 6.07) is 63.9. The summed E-state index contributed by atoms with van der Waals surface area (Å²) in [5, 5.41) is 7.53. The van der Waals surface area contributed by atoms with Gasteiger partial charge in [-0.2, -0.15) is 0 Å². The zero-order valence-corrected chi connectivity index (χ0v) is 33.3. The molecule has 0 radical (unpaired) electrons. The number of fused-ring (bicyclic) bond motifs is 10. The van der Waals surface area contributed by atoms with Gasteiger partial charge in [-0.1, -0.05) is 140 Å². The van der Waals surface area contributed by atoms with E-state index >= 15 is 0 Å². The lowest BCUT2D eigenvalue weighted by Crippen LogP contribution is -2.11. The molecule has 0 amide bonds. The monoisotopic (exact) mass is 774 g/mol. The zero-order chi connectivity index (χ0) is 39.0. The molecule has 0 aliphatic heterocycles. The second-order valence-electron chi connectivity index (χ2n) is 15.7. The Balaban J connectivity index is 1.06. The number of benzene rings is 8. The molecule has 280 valence electrons. The number of hydrogen-bond donors (Lipinski definition) is 0. The van der Waals surface area contributed by atoms with Crippen LogP contribution in [0, 0.1) is 5.92 Å². The quantitative estimate of drug-likeness (QED) is 0.168. The first-order valence-electron chi connectivity index (χ1n) is 20.4. The van der Waals surface area contributed by atoms with Crippen LogP contribution in [-0.4, -0.2) is 4.57 Å². The average molecular weight is 775 g/mol. The number of rotatable bonds is 6.